The molecule has 3 rings (SSSR count). The van der Waals surface area contributed by atoms with E-state index in [0.717, 1.165) is 50.2 Å². The second kappa shape index (κ2) is 6.92. The second-order valence-electron chi connectivity index (χ2n) is 5.83. The van der Waals surface area contributed by atoms with E-state index in [2.05, 4.69) is 28.2 Å². The molecule has 1 amide bonds. The van der Waals surface area contributed by atoms with Crippen molar-refractivity contribution in [1.29, 1.82) is 0 Å². The second-order valence-corrected chi connectivity index (χ2v) is 5.83. The number of nitrogens with zero attached hydrogens (tertiary/aromatic N) is 2. The number of piperidine rings is 1. The Hall–Kier alpha value is -1.88. The summed E-state index contributed by atoms with van der Waals surface area (Å²) in [6.07, 6.45) is 2.66. The lowest BCUT2D eigenvalue weighted by Crippen LogP contribution is -2.38. The first-order chi connectivity index (χ1) is 10.8. The molecule has 0 unspecified atom stereocenters. The number of hydrogen-bond donors (Lipinski definition) is 2. The predicted octanol–water partition coefficient (Wildman–Crippen LogP) is 1.71. The summed E-state index contributed by atoms with van der Waals surface area (Å²) in [5.41, 5.74) is 2.20. The minimum Gasteiger partial charge on any atom is -0.355 e. The van der Waals surface area contributed by atoms with Gasteiger partial charge in [-0.15, -0.1) is 0 Å². The number of carbonyl (C=O) groups excluding carboxylic acids is 1. The lowest BCUT2D eigenvalue weighted by molar-refractivity contribution is -0.125. The van der Waals surface area contributed by atoms with Gasteiger partial charge in [0.05, 0.1) is 11.0 Å². The Balaban J connectivity index is 1.60. The van der Waals surface area contributed by atoms with Gasteiger partial charge in [0.15, 0.2) is 0 Å². The molecule has 118 valence electrons. The van der Waals surface area contributed by atoms with E-state index in [1.807, 2.05) is 18.2 Å². The van der Waals surface area contributed by atoms with E-state index in [0.29, 0.717) is 6.54 Å². The van der Waals surface area contributed by atoms with Crippen LogP contribution in [0.25, 0.3) is 11.0 Å². The molecule has 0 aliphatic carbocycles. The summed E-state index contributed by atoms with van der Waals surface area (Å²) in [6.45, 7) is 5.59. The Bertz CT molecular complexity index is 643. The number of amides is 1. The highest BCUT2D eigenvalue weighted by molar-refractivity contribution is 5.79. The number of benzene rings is 1. The first-order valence-corrected chi connectivity index (χ1v) is 8.22. The Morgan fingerprint density at radius 3 is 2.91 bits per heavy atom. The van der Waals surface area contributed by atoms with Crippen molar-refractivity contribution >= 4 is 16.9 Å². The van der Waals surface area contributed by atoms with Crippen LogP contribution in [-0.2, 0) is 17.8 Å². The number of para-hydroxylation sites is 2. The molecule has 5 heteroatoms. The van der Waals surface area contributed by atoms with Crippen LogP contribution in [0.3, 0.4) is 0 Å². The van der Waals surface area contributed by atoms with Gasteiger partial charge in [-0.3, -0.25) is 4.79 Å². The molecule has 5 nitrogen and oxygen atoms in total. The molecule has 2 N–H and O–H groups in total. The molecule has 0 spiro atoms. The Morgan fingerprint density at radius 1 is 1.36 bits per heavy atom. The van der Waals surface area contributed by atoms with E-state index in [1.54, 1.807) is 0 Å². The number of carbonyl (C=O) groups is 1. The van der Waals surface area contributed by atoms with Crippen molar-refractivity contribution in [3.63, 3.8) is 0 Å². The predicted molar refractivity (Wildman–Crippen MR) is 87.7 cm³/mol. The first-order valence-electron chi connectivity index (χ1n) is 8.22. The van der Waals surface area contributed by atoms with Crippen molar-refractivity contribution in [2.75, 3.05) is 19.6 Å². The summed E-state index contributed by atoms with van der Waals surface area (Å²) in [5, 5.41) is 6.36. The van der Waals surface area contributed by atoms with Crippen LogP contribution in [0.5, 0.6) is 0 Å². The average Bonchev–Trinajstić information content (AvgIpc) is 2.93. The maximum absolute atomic E-state index is 12.1. The minimum absolute atomic E-state index is 0.172. The number of nitrogens with one attached hydrogen (secondary N) is 2. The quantitative estimate of drug-likeness (QED) is 0.884. The van der Waals surface area contributed by atoms with Crippen molar-refractivity contribution in [2.45, 2.75) is 32.7 Å². The van der Waals surface area contributed by atoms with E-state index in [-0.39, 0.29) is 11.8 Å². The highest BCUT2D eigenvalue weighted by atomic mass is 16.1. The SMILES string of the molecule is CCn1c(CCNC(=O)C2CCNCC2)nc2ccccc21. The maximum Gasteiger partial charge on any atom is 0.223 e. The lowest BCUT2D eigenvalue weighted by atomic mass is 9.97. The van der Waals surface area contributed by atoms with Gasteiger partial charge in [-0.1, -0.05) is 12.1 Å². The number of imidazole rings is 1. The standard InChI is InChI=1S/C17H24N4O/c1-2-21-15-6-4-3-5-14(15)20-16(21)9-12-19-17(22)13-7-10-18-11-8-13/h3-6,13,18H,2,7-12H2,1H3,(H,19,22). The normalized spacial score (nSPS) is 16.0. The molecular formula is C17H24N4O. The molecule has 2 heterocycles. The Kier molecular flexibility index (Phi) is 4.73. The Labute approximate surface area is 131 Å². The molecule has 1 aromatic carbocycles. The van der Waals surface area contributed by atoms with Crippen LogP contribution in [0.15, 0.2) is 24.3 Å². The van der Waals surface area contributed by atoms with Gasteiger partial charge in [0.1, 0.15) is 5.82 Å². The molecule has 0 saturated carbocycles. The fraction of sp³-hybridized carbons (Fsp3) is 0.529. The molecule has 0 bridgehead atoms. The van der Waals surface area contributed by atoms with E-state index in [4.69, 9.17) is 4.98 Å². The van der Waals surface area contributed by atoms with Crippen LogP contribution in [-0.4, -0.2) is 35.1 Å². The van der Waals surface area contributed by atoms with Gasteiger partial charge >= 0.3 is 0 Å². The summed E-state index contributed by atoms with van der Waals surface area (Å²) >= 11 is 0. The number of hydrogen-bond acceptors (Lipinski definition) is 3. The zero-order valence-electron chi connectivity index (χ0n) is 13.1. The molecule has 0 atom stereocenters. The van der Waals surface area contributed by atoms with Crippen molar-refractivity contribution in [2.24, 2.45) is 5.92 Å². The van der Waals surface area contributed by atoms with E-state index in [9.17, 15) is 4.79 Å². The number of aromatic nitrogens is 2. The molecule has 1 aromatic heterocycles. The number of fused-ring (bicyclic) bond motifs is 1. The largest absolute Gasteiger partial charge is 0.355 e. The minimum atomic E-state index is 0.172. The van der Waals surface area contributed by atoms with Crippen LogP contribution in [0.1, 0.15) is 25.6 Å². The number of aryl methyl sites for hydroxylation is 1. The fourth-order valence-corrected chi connectivity index (χ4v) is 3.20. The molecule has 1 fully saturated rings. The van der Waals surface area contributed by atoms with Crippen molar-refractivity contribution < 1.29 is 4.79 Å². The summed E-state index contributed by atoms with van der Waals surface area (Å²) in [5.74, 6) is 1.42. The summed E-state index contributed by atoms with van der Waals surface area (Å²) in [6, 6.07) is 8.19. The first kappa shape index (κ1) is 15.0. The van der Waals surface area contributed by atoms with Crippen LogP contribution in [0.4, 0.5) is 0 Å². The zero-order chi connectivity index (χ0) is 15.4. The van der Waals surface area contributed by atoms with Gasteiger partial charge in [-0.25, -0.2) is 4.98 Å². The van der Waals surface area contributed by atoms with Gasteiger partial charge < -0.3 is 15.2 Å². The third kappa shape index (κ3) is 3.14. The maximum atomic E-state index is 12.1. The van der Waals surface area contributed by atoms with Gasteiger partial charge in [0.2, 0.25) is 5.91 Å². The third-order valence-corrected chi connectivity index (χ3v) is 4.41. The van der Waals surface area contributed by atoms with Gasteiger partial charge in [-0.05, 0) is 45.0 Å². The molecule has 1 saturated heterocycles. The monoisotopic (exact) mass is 300 g/mol. The van der Waals surface area contributed by atoms with Crippen molar-refractivity contribution in [3.05, 3.63) is 30.1 Å². The number of rotatable bonds is 5. The van der Waals surface area contributed by atoms with Crippen LogP contribution in [0.2, 0.25) is 0 Å². The Morgan fingerprint density at radius 2 is 2.14 bits per heavy atom. The van der Waals surface area contributed by atoms with Crippen LogP contribution >= 0.6 is 0 Å². The smallest absolute Gasteiger partial charge is 0.223 e. The van der Waals surface area contributed by atoms with E-state index < -0.39 is 0 Å². The lowest BCUT2D eigenvalue weighted by Gasteiger charge is -2.21. The molecule has 0 radical (unpaired) electrons. The molecule has 22 heavy (non-hydrogen) atoms. The van der Waals surface area contributed by atoms with Gasteiger partial charge in [-0.2, -0.15) is 0 Å². The highest BCUT2D eigenvalue weighted by Gasteiger charge is 2.20. The molecular weight excluding hydrogens is 276 g/mol. The zero-order valence-corrected chi connectivity index (χ0v) is 13.1. The summed E-state index contributed by atoms with van der Waals surface area (Å²) in [4.78, 5) is 16.8. The molecule has 1 aliphatic heterocycles. The topological polar surface area (TPSA) is 59.0 Å². The van der Waals surface area contributed by atoms with Gasteiger partial charge in [0, 0.05) is 25.4 Å². The molecule has 1 aliphatic rings. The van der Waals surface area contributed by atoms with E-state index in [1.165, 1.54) is 5.52 Å². The van der Waals surface area contributed by atoms with Crippen LogP contribution in [0, 0.1) is 5.92 Å². The highest BCUT2D eigenvalue weighted by Crippen LogP contribution is 2.16. The van der Waals surface area contributed by atoms with Crippen LogP contribution < -0.4 is 10.6 Å². The van der Waals surface area contributed by atoms with E-state index >= 15 is 0 Å². The fourth-order valence-electron chi connectivity index (χ4n) is 3.20. The third-order valence-electron chi connectivity index (χ3n) is 4.41. The summed E-state index contributed by atoms with van der Waals surface area (Å²) < 4.78 is 2.23. The average molecular weight is 300 g/mol. The van der Waals surface area contributed by atoms with Crippen molar-refractivity contribution in [3.8, 4) is 0 Å². The van der Waals surface area contributed by atoms with Crippen molar-refractivity contribution in [1.82, 2.24) is 20.2 Å². The molecule has 2 aromatic rings. The van der Waals surface area contributed by atoms with Gasteiger partial charge in [0.25, 0.3) is 0 Å². The summed E-state index contributed by atoms with van der Waals surface area (Å²) in [7, 11) is 0.